The van der Waals surface area contributed by atoms with E-state index in [0.29, 0.717) is 15.5 Å². The molecule has 0 bridgehead atoms. The molecule has 0 saturated heterocycles. The van der Waals surface area contributed by atoms with Crippen molar-refractivity contribution in [3.05, 3.63) is 22.0 Å². The molecular weight excluding hydrogens is 267 g/mol. The van der Waals surface area contributed by atoms with Crippen LogP contribution in [0.5, 0.6) is 5.75 Å². The standard InChI is InChI=1S/C8H6BBrO3S/c10-7-3-4-5(9(12)13)1-2-6(11)8(4)14-7/h1-3,11-13H. The van der Waals surface area contributed by atoms with Crippen LogP contribution in [0.25, 0.3) is 10.1 Å². The summed E-state index contributed by atoms with van der Waals surface area (Å²) in [5.41, 5.74) is 0.403. The van der Waals surface area contributed by atoms with Crippen LogP contribution in [0.1, 0.15) is 0 Å². The molecule has 1 heterocycles. The van der Waals surface area contributed by atoms with Crippen molar-refractivity contribution in [1.29, 1.82) is 0 Å². The monoisotopic (exact) mass is 272 g/mol. The van der Waals surface area contributed by atoms with Gasteiger partial charge in [0.2, 0.25) is 0 Å². The number of halogens is 1. The molecule has 2 aromatic rings. The summed E-state index contributed by atoms with van der Waals surface area (Å²) in [6, 6.07) is 4.72. The van der Waals surface area contributed by atoms with Crippen LogP contribution in [0, 0.1) is 0 Å². The van der Waals surface area contributed by atoms with Crippen molar-refractivity contribution in [2.75, 3.05) is 0 Å². The highest BCUT2D eigenvalue weighted by molar-refractivity contribution is 9.11. The maximum Gasteiger partial charge on any atom is 0.489 e. The number of thiophene rings is 1. The zero-order chi connectivity index (χ0) is 10.3. The van der Waals surface area contributed by atoms with Crippen molar-refractivity contribution in [3.63, 3.8) is 0 Å². The fourth-order valence-corrected chi connectivity index (χ4v) is 2.87. The van der Waals surface area contributed by atoms with Crippen molar-refractivity contribution >= 4 is 49.9 Å². The summed E-state index contributed by atoms with van der Waals surface area (Å²) in [7, 11) is -1.51. The van der Waals surface area contributed by atoms with E-state index in [1.165, 1.54) is 23.5 Å². The molecule has 0 aliphatic heterocycles. The smallest absolute Gasteiger partial charge is 0.489 e. The van der Waals surface area contributed by atoms with E-state index >= 15 is 0 Å². The molecule has 6 heteroatoms. The number of fused-ring (bicyclic) bond motifs is 1. The third-order valence-electron chi connectivity index (χ3n) is 1.94. The first-order chi connectivity index (χ1) is 6.59. The fraction of sp³-hybridized carbons (Fsp3) is 0. The van der Waals surface area contributed by atoms with Gasteiger partial charge in [-0.05, 0) is 38.9 Å². The Labute approximate surface area is 92.9 Å². The second-order valence-electron chi connectivity index (χ2n) is 2.84. The highest BCUT2D eigenvalue weighted by Crippen LogP contribution is 2.34. The molecule has 0 saturated carbocycles. The molecule has 0 amide bonds. The number of benzene rings is 1. The molecule has 2 rings (SSSR count). The fourth-order valence-electron chi connectivity index (χ4n) is 1.32. The van der Waals surface area contributed by atoms with Gasteiger partial charge in [-0.1, -0.05) is 6.07 Å². The summed E-state index contributed by atoms with van der Waals surface area (Å²) in [5.74, 6) is 0.153. The predicted octanol–water partition coefficient (Wildman–Crippen LogP) is 1.05. The van der Waals surface area contributed by atoms with Crippen LogP contribution >= 0.6 is 27.3 Å². The van der Waals surface area contributed by atoms with Gasteiger partial charge in [-0.15, -0.1) is 11.3 Å². The Morgan fingerprint density at radius 1 is 1.29 bits per heavy atom. The van der Waals surface area contributed by atoms with Gasteiger partial charge in [0.25, 0.3) is 0 Å². The Hall–Kier alpha value is -0.555. The van der Waals surface area contributed by atoms with Gasteiger partial charge in [-0.3, -0.25) is 0 Å². The van der Waals surface area contributed by atoms with E-state index in [1.54, 1.807) is 6.07 Å². The van der Waals surface area contributed by atoms with E-state index in [2.05, 4.69) is 15.9 Å². The molecular formula is C8H6BBrO3S. The van der Waals surface area contributed by atoms with E-state index < -0.39 is 7.12 Å². The molecule has 0 aliphatic rings. The number of hydrogen-bond donors (Lipinski definition) is 3. The maximum absolute atomic E-state index is 9.52. The summed E-state index contributed by atoms with van der Waals surface area (Å²) in [5, 5.41) is 28.4. The molecule has 1 aromatic carbocycles. The van der Waals surface area contributed by atoms with Crippen LogP contribution in [0.2, 0.25) is 0 Å². The number of phenolic OH excluding ortho intramolecular Hbond substituents is 1. The third kappa shape index (κ3) is 1.54. The van der Waals surface area contributed by atoms with Crippen molar-refractivity contribution in [2.24, 2.45) is 0 Å². The van der Waals surface area contributed by atoms with Gasteiger partial charge < -0.3 is 15.2 Å². The van der Waals surface area contributed by atoms with E-state index in [4.69, 9.17) is 10.0 Å². The summed E-state index contributed by atoms with van der Waals surface area (Å²) < 4.78 is 1.50. The van der Waals surface area contributed by atoms with E-state index in [0.717, 1.165) is 3.79 Å². The molecule has 0 radical (unpaired) electrons. The molecule has 72 valence electrons. The van der Waals surface area contributed by atoms with Gasteiger partial charge in [0, 0.05) is 0 Å². The van der Waals surface area contributed by atoms with E-state index in [-0.39, 0.29) is 5.75 Å². The molecule has 14 heavy (non-hydrogen) atoms. The van der Waals surface area contributed by atoms with E-state index in [1.807, 2.05) is 0 Å². The zero-order valence-corrected chi connectivity index (χ0v) is 9.34. The van der Waals surface area contributed by atoms with Gasteiger partial charge in [0.05, 0.1) is 8.49 Å². The predicted molar refractivity (Wildman–Crippen MR) is 61.0 cm³/mol. The summed E-state index contributed by atoms with van der Waals surface area (Å²) in [4.78, 5) is 0. The van der Waals surface area contributed by atoms with Gasteiger partial charge >= 0.3 is 7.12 Å². The minimum Gasteiger partial charge on any atom is -0.506 e. The number of phenols is 1. The first-order valence-corrected chi connectivity index (χ1v) is 5.47. The quantitative estimate of drug-likeness (QED) is 0.680. The topological polar surface area (TPSA) is 60.7 Å². The second-order valence-corrected chi connectivity index (χ2v) is 5.27. The molecule has 1 aromatic heterocycles. The lowest BCUT2D eigenvalue weighted by Gasteiger charge is -2.02. The van der Waals surface area contributed by atoms with Gasteiger partial charge in [0.15, 0.2) is 0 Å². The lowest BCUT2D eigenvalue weighted by Crippen LogP contribution is -2.29. The number of hydrogen-bond acceptors (Lipinski definition) is 4. The Morgan fingerprint density at radius 2 is 2.00 bits per heavy atom. The number of rotatable bonds is 1. The molecule has 0 spiro atoms. The average Bonchev–Trinajstić information content (AvgIpc) is 2.47. The molecule has 0 unspecified atom stereocenters. The minimum atomic E-state index is -1.51. The van der Waals surface area contributed by atoms with Gasteiger partial charge in [-0.2, -0.15) is 0 Å². The van der Waals surface area contributed by atoms with Gasteiger partial charge in [-0.25, -0.2) is 0 Å². The second kappa shape index (κ2) is 3.54. The molecule has 3 nitrogen and oxygen atoms in total. The number of aromatic hydroxyl groups is 1. The van der Waals surface area contributed by atoms with Crippen molar-refractivity contribution in [2.45, 2.75) is 0 Å². The Kier molecular flexibility index (Phi) is 2.53. The van der Waals surface area contributed by atoms with Crippen LogP contribution in [-0.4, -0.2) is 22.3 Å². The maximum atomic E-state index is 9.52. The van der Waals surface area contributed by atoms with Crippen molar-refractivity contribution < 1.29 is 15.2 Å². The Bertz CT molecular complexity index is 483. The lowest BCUT2D eigenvalue weighted by atomic mass is 9.78. The summed E-state index contributed by atoms with van der Waals surface area (Å²) >= 11 is 4.64. The molecule has 0 aliphatic carbocycles. The normalized spacial score (nSPS) is 10.8. The van der Waals surface area contributed by atoms with Gasteiger partial charge in [0.1, 0.15) is 5.75 Å². The minimum absolute atomic E-state index is 0.153. The van der Waals surface area contributed by atoms with E-state index in [9.17, 15) is 5.11 Å². The van der Waals surface area contributed by atoms with Crippen molar-refractivity contribution in [1.82, 2.24) is 0 Å². The third-order valence-corrected chi connectivity index (χ3v) is 3.61. The summed E-state index contributed by atoms with van der Waals surface area (Å²) in [6.45, 7) is 0. The van der Waals surface area contributed by atoms with Crippen LogP contribution in [0.4, 0.5) is 0 Å². The first kappa shape index (κ1) is 9.98. The van der Waals surface area contributed by atoms with Crippen LogP contribution in [0.3, 0.4) is 0 Å². The first-order valence-electron chi connectivity index (χ1n) is 3.86. The van der Waals surface area contributed by atoms with Crippen LogP contribution < -0.4 is 5.46 Å². The largest absolute Gasteiger partial charge is 0.506 e. The van der Waals surface area contributed by atoms with Crippen LogP contribution in [0.15, 0.2) is 22.0 Å². The van der Waals surface area contributed by atoms with Crippen LogP contribution in [-0.2, 0) is 0 Å². The molecule has 0 atom stereocenters. The lowest BCUT2D eigenvalue weighted by molar-refractivity contribution is 0.426. The highest BCUT2D eigenvalue weighted by Gasteiger charge is 2.17. The zero-order valence-electron chi connectivity index (χ0n) is 6.94. The Balaban J connectivity index is 2.81. The summed E-state index contributed by atoms with van der Waals surface area (Å²) in [6.07, 6.45) is 0. The molecule has 0 fully saturated rings. The molecule has 3 N–H and O–H groups in total. The average molecular weight is 273 g/mol. The SMILES string of the molecule is OB(O)c1ccc(O)c2sc(Br)cc12. The van der Waals surface area contributed by atoms with Crippen molar-refractivity contribution in [3.8, 4) is 5.75 Å². The highest BCUT2D eigenvalue weighted by atomic mass is 79.9. The Morgan fingerprint density at radius 3 is 2.64 bits per heavy atom.